The van der Waals surface area contributed by atoms with E-state index in [-0.39, 0.29) is 18.9 Å². The molecule has 0 radical (unpaired) electrons. The molecule has 1 aliphatic rings. The normalized spacial score (nSPS) is 27.1. The van der Waals surface area contributed by atoms with Crippen molar-refractivity contribution < 1.29 is 14.3 Å². The number of alkyl halides is 1. The van der Waals surface area contributed by atoms with Gasteiger partial charge in [0.2, 0.25) is 5.67 Å². The Morgan fingerprint density at radius 1 is 1.62 bits per heavy atom. The van der Waals surface area contributed by atoms with Crippen LogP contribution < -0.4 is 10.6 Å². The molecule has 0 saturated carbocycles. The molecule has 0 bridgehead atoms. The van der Waals surface area contributed by atoms with Crippen LogP contribution >= 0.6 is 0 Å². The fraction of sp³-hybridized carbons (Fsp3) is 0.909. The number of aliphatic hydroxyl groups excluding tert-OH is 1. The van der Waals surface area contributed by atoms with Gasteiger partial charge in [0.15, 0.2) is 0 Å². The number of carbonyl (C=O) groups is 1. The molecule has 0 spiro atoms. The maximum absolute atomic E-state index is 13.9. The number of carbonyl (C=O) groups excluding carboxylic acids is 1. The van der Waals surface area contributed by atoms with Gasteiger partial charge in [-0.3, -0.25) is 4.79 Å². The zero-order valence-corrected chi connectivity index (χ0v) is 9.92. The van der Waals surface area contributed by atoms with Crippen LogP contribution in [-0.4, -0.2) is 42.4 Å². The van der Waals surface area contributed by atoms with Gasteiger partial charge in [-0.05, 0) is 18.9 Å². The van der Waals surface area contributed by atoms with Crippen LogP contribution in [0.5, 0.6) is 0 Å². The molecule has 1 heterocycles. The Balaban J connectivity index is 2.25. The van der Waals surface area contributed by atoms with Crippen molar-refractivity contribution in [3.05, 3.63) is 0 Å². The van der Waals surface area contributed by atoms with Gasteiger partial charge in [-0.1, -0.05) is 13.8 Å². The van der Waals surface area contributed by atoms with E-state index in [2.05, 4.69) is 10.6 Å². The van der Waals surface area contributed by atoms with E-state index in [9.17, 15) is 14.3 Å². The number of nitrogens with one attached hydrogen (secondary N) is 2. The number of halogens is 1. The summed E-state index contributed by atoms with van der Waals surface area (Å²) < 4.78 is 13.9. The average Bonchev–Trinajstić information content (AvgIpc) is 2.66. The Kier molecular flexibility index (Phi) is 4.68. The van der Waals surface area contributed by atoms with Crippen LogP contribution in [0.1, 0.15) is 26.7 Å². The summed E-state index contributed by atoms with van der Waals surface area (Å²) >= 11 is 0. The summed E-state index contributed by atoms with van der Waals surface area (Å²) in [5.74, 6) is -0.405. The van der Waals surface area contributed by atoms with Crippen molar-refractivity contribution in [2.75, 3.05) is 19.6 Å². The number of hydrogen-bond donors (Lipinski definition) is 3. The molecular formula is C11H21FN2O2. The van der Waals surface area contributed by atoms with Gasteiger partial charge in [0.05, 0.1) is 6.10 Å². The van der Waals surface area contributed by atoms with Crippen LogP contribution in [-0.2, 0) is 4.79 Å². The van der Waals surface area contributed by atoms with Gasteiger partial charge in [0, 0.05) is 19.5 Å². The van der Waals surface area contributed by atoms with Crippen LogP contribution in [0.2, 0.25) is 0 Å². The topological polar surface area (TPSA) is 61.4 Å². The molecule has 1 fully saturated rings. The smallest absolute Gasteiger partial charge is 0.259 e. The lowest BCUT2D eigenvalue weighted by Gasteiger charge is -2.19. The standard InChI is InChI=1S/C11H21FN2O2/c1-8(2)9(15)3-5-14-10(16)11(12)4-6-13-7-11/h8-9,13,15H,3-7H2,1-2H3,(H,14,16). The molecule has 2 atom stereocenters. The number of rotatable bonds is 5. The van der Waals surface area contributed by atoms with Crippen LogP contribution in [0.4, 0.5) is 4.39 Å². The molecule has 94 valence electrons. The van der Waals surface area contributed by atoms with E-state index in [4.69, 9.17) is 0 Å². The van der Waals surface area contributed by atoms with Crippen LogP contribution in [0, 0.1) is 5.92 Å². The zero-order valence-electron chi connectivity index (χ0n) is 9.92. The average molecular weight is 232 g/mol. The molecule has 2 unspecified atom stereocenters. The second-order valence-electron chi connectivity index (χ2n) is 4.75. The Bertz CT molecular complexity index is 240. The highest BCUT2D eigenvalue weighted by Gasteiger charge is 2.41. The van der Waals surface area contributed by atoms with E-state index < -0.39 is 17.7 Å². The minimum Gasteiger partial charge on any atom is -0.393 e. The maximum Gasteiger partial charge on any atom is 0.259 e. The fourth-order valence-electron chi connectivity index (χ4n) is 1.68. The van der Waals surface area contributed by atoms with Crippen molar-refractivity contribution >= 4 is 5.91 Å². The summed E-state index contributed by atoms with van der Waals surface area (Å²) in [6, 6.07) is 0. The highest BCUT2D eigenvalue weighted by atomic mass is 19.1. The molecule has 0 aliphatic carbocycles. The van der Waals surface area contributed by atoms with Gasteiger partial charge in [-0.25, -0.2) is 4.39 Å². The first kappa shape index (κ1) is 13.4. The Morgan fingerprint density at radius 2 is 2.31 bits per heavy atom. The molecule has 4 nitrogen and oxygen atoms in total. The second kappa shape index (κ2) is 5.59. The van der Waals surface area contributed by atoms with Gasteiger partial charge < -0.3 is 15.7 Å². The van der Waals surface area contributed by atoms with E-state index in [1.54, 1.807) is 0 Å². The van der Waals surface area contributed by atoms with Crippen LogP contribution in [0.3, 0.4) is 0 Å². The van der Waals surface area contributed by atoms with E-state index in [1.165, 1.54) is 0 Å². The lowest BCUT2D eigenvalue weighted by molar-refractivity contribution is -0.131. The molecule has 0 aromatic carbocycles. The Morgan fingerprint density at radius 3 is 2.81 bits per heavy atom. The van der Waals surface area contributed by atoms with Crippen molar-refractivity contribution in [3.8, 4) is 0 Å². The Labute approximate surface area is 95.6 Å². The SMILES string of the molecule is CC(C)C(O)CCNC(=O)C1(F)CCNC1. The summed E-state index contributed by atoms with van der Waals surface area (Å²) in [6.07, 6.45) is 0.246. The quantitative estimate of drug-likeness (QED) is 0.635. The van der Waals surface area contributed by atoms with Gasteiger partial charge in [-0.2, -0.15) is 0 Å². The van der Waals surface area contributed by atoms with Gasteiger partial charge in [0.25, 0.3) is 5.91 Å². The third-order valence-corrected chi connectivity index (χ3v) is 3.01. The maximum atomic E-state index is 13.9. The van der Waals surface area contributed by atoms with E-state index in [1.807, 2.05) is 13.8 Å². The molecular weight excluding hydrogens is 211 g/mol. The number of amides is 1. The lowest BCUT2D eigenvalue weighted by Crippen LogP contribution is -2.45. The summed E-state index contributed by atoms with van der Waals surface area (Å²) in [5.41, 5.74) is -1.76. The first-order chi connectivity index (χ1) is 7.46. The third-order valence-electron chi connectivity index (χ3n) is 3.01. The molecule has 1 rings (SSSR count). The molecule has 0 aromatic rings. The molecule has 1 saturated heterocycles. The van der Waals surface area contributed by atoms with Crippen molar-refractivity contribution in [2.45, 2.75) is 38.5 Å². The van der Waals surface area contributed by atoms with Crippen LogP contribution in [0.15, 0.2) is 0 Å². The monoisotopic (exact) mass is 232 g/mol. The molecule has 0 aromatic heterocycles. The second-order valence-corrected chi connectivity index (χ2v) is 4.75. The fourth-order valence-corrected chi connectivity index (χ4v) is 1.68. The predicted octanol–water partition coefficient (Wildman–Crippen LogP) is 0.211. The van der Waals surface area contributed by atoms with E-state index in [0.29, 0.717) is 19.5 Å². The zero-order chi connectivity index (χ0) is 12.2. The number of hydrogen-bond acceptors (Lipinski definition) is 3. The largest absolute Gasteiger partial charge is 0.393 e. The first-order valence-corrected chi connectivity index (χ1v) is 5.82. The van der Waals surface area contributed by atoms with Gasteiger partial charge >= 0.3 is 0 Å². The molecule has 1 aliphatic heterocycles. The summed E-state index contributed by atoms with van der Waals surface area (Å²) in [5, 5.41) is 14.9. The highest BCUT2D eigenvalue weighted by molar-refractivity contribution is 5.85. The van der Waals surface area contributed by atoms with E-state index in [0.717, 1.165) is 0 Å². The van der Waals surface area contributed by atoms with Gasteiger partial charge in [0.1, 0.15) is 0 Å². The minimum absolute atomic E-state index is 0.0889. The molecule has 5 heteroatoms. The van der Waals surface area contributed by atoms with E-state index >= 15 is 0 Å². The minimum atomic E-state index is -1.76. The highest BCUT2D eigenvalue weighted by Crippen LogP contribution is 2.19. The number of aliphatic hydroxyl groups is 1. The Hall–Kier alpha value is -0.680. The summed E-state index contributed by atoms with van der Waals surface area (Å²) in [6.45, 7) is 4.77. The predicted molar refractivity (Wildman–Crippen MR) is 59.8 cm³/mol. The molecule has 16 heavy (non-hydrogen) atoms. The van der Waals surface area contributed by atoms with Gasteiger partial charge in [-0.15, -0.1) is 0 Å². The summed E-state index contributed by atoms with van der Waals surface area (Å²) in [4.78, 5) is 11.5. The van der Waals surface area contributed by atoms with Crippen molar-refractivity contribution in [1.82, 2.24) is 10.6 Å². The lowest BCUT2D eigenvalue weighted by atomic mass is 10.0. The first-order valence-electron chi connectivity index (χ1n) is 5.82. The van der Waals surface area contributed by atoms with Crippen molar-refractivity contribution in [1.29, 1.82) is 0 Å². The molecule has 1 amide bonds. The summed E-state index contributed by atoms with van der Waals surface area (Å²) in [7, 11) is 0. The van der Waals surface area contributed by atoms with Crippen molar-refractivity contribution in [3.63, 3.8) is 0 Å². The van der Waals surface area contributed by atoms with Crippen molar-refractivity contribution in [2.24, 2.45) is 5.92 Å². The molecule has 3 N–H and O–H groups in total. The third kappa shape index (κ3) is 3.42. The van der Waals surface area contributed by atoms with Crippen LogP contribution in [0.25, 0.3) is 0 Å².